The fraction of sp³-hybridized carbons (Fsp3) is 0.250. The van der Waals surface area contributed by atoms with Crippen LogP contribution in [0.2, 0.25) is 0 Å². The van der Waals surface area contributed by atoms with Crippen molar-refractivity contribution in [1.29, 1.82) is 0 Å². The lowest BCUT2D eigenvalue weighted by molar-refractivity contribution is 0.0991. The van der Waals surface area contributed by atoms with E-state index in [1.807, 2.05) is 36.4 Å². The maximum Gasteiger partial charge on any atom is 0.251 e. The molecule has 3 aliphatic rings. The van der Waals surface area contributed by atoms with Gasteiger partial charge in [0.05, 0.1) is 35.3 Å². The molecule has 0 spiro atoms. The number of likely N-dealkylation sites (N-methyl/N-ethyl adjacent to an activating group) is 1. The molecule has 480 valence electrons. The summed E-state index contributed by atoms with van der Waals surface area (Å²) in [5.41, 5.74) is 26.4. The molecule has 30 heteroatoms. The van der Waals surface area contributed by atoms with Gasteiger partial charge in [-0.3, -0.25) is 19.3 Å². The number of furan rings is 3. The molecule has 0 unspecified atom stereocenters. The van der Waals surface area contributed by atoms with Crippen molar-refractivity contribution in [3.05, 3.63) is 164 Å². The van der Waals surface area contributed by atoms with Crippen molar-refractivity contribution >= 4 is 86.2 Å². The highest BCUT2D eigenvalue weighted by Gasteiger charge is 2.23. The smallest absolute Gasteiger partial charge is 0.251 e. The van der Waals surface area contributed by atoms with Crippen molar-refractivity contribution < 1.29 is 27.6 Å². The third-order valence-electron chi connectivity index (χ3n) is 16.5. The van der Waals surface area contributed by atoms with E-state index in [0.29, 0.717) is 74.8 Å². The zero-order chi connectivity index (χ0) is 64.8. The lowest BCUT2D eigenvalue weighted by Gasteiger charge is -2.38. The second-order valence-corrected chi connectivity index (χ2v) is 22.8. The minimum absolute atomic E-state index is 0.282. The number of nitrogens with zero attached hydrogens (tertiary/aromatic N) is 17. The van der Waals surface area contributed by atoms with Gasteiger partial charge in [0.2, 0.25) is 0 Å². The van der Waals surface area contributed by atoms with E-state index >= 15 is 0 Å². The number of nitrogens with one attached hydrogen (secondary N) is 4. The Morgan fingerprint density at radius 1 is 0.447 bits per heavy atom. The molecule has 0 aliphatic carbocycles. The van der Waals surface area contributed by atoms with Gasteiger partial charge in [0.15, 0.2) is 51.7 Å². The van der Waals surface area contributed by atoms with Crippen LogP contribution in [0.3, 0.4) is 0 Å². The number of benzene rings is 3. The molecular weight excluding hydrogens is 1200 g/mol. The molecule has 3 aromatic carbocycles. The number of aromatic nitrogens is 12. The second kappa shape index (κ2) is 27.0. The van der Waals surface area contributed by atoms with Crippen LogP contribution < -0.4 is 53.2 Å². The third kappa shape index (κ3) is 13.4. The van der Waals surface area contributed by atoms with E-state index in [-0.39, 0.29) is 16.7 Å². The zero-order valence-corrected chi connectivity index (χ0v) is 51.7. The van der Waals surface area contributed by atoms with Gasteiger partial charge in [-0.1, -0.05) is 0 Å². The van der Waals surface area contributed by atoms with E-state index in [1.165, 1.54) is 54.8 Å². The third-order valence-corrected chi connectivity index (χ3v) is 16.5. The van der Waals surface area contributed by atoms with Gasteiger partial charge < -0.3 is 71.3 Å². The Balaban J connectivity index is 0.000000128. The van der Waals surface area contributed by atoms with Crippen molar-refractivity contribution in [2.45, 2.75) is 19.9 Å². The van der Waals surface area contributed by atoms with E-state index in [0.717, 1.165) is 95.6 Å². The largest absolute Gasteiger partial charge is 0.462 e. The number of piperazine rings is 3. The molecule has 3 aliphatic heterocycles. The Labute approximate surface area is 537 Å². The van der Waals surface area contributed by atoms with Crippen molar-refractivity contribution in [1.82, 2.24) is 73.9 Å². The van der Waals surface area contributed by atoms with Gasteiger partial charge in [0.1, 0.15) is 54.9 Å². The highest BCUT2D eigenvalue weighted by atomic mass is 16.3. The van der Waals surface area contributed by atoms with E-state index in [4.69, 9.17) is 30.5 Å². The summed E-state index contributed by atoms with van der Waals surface area (Å²) in [6.07, 6.45) is 13.1. The van der Waals surface area contributed by atoms with E-state index in [9.17, 15) is 14.4 Å². The van der Waals surface area contributed by atoms with E-state index < -0.39 is 17.7 Å². The van der Waals surface area contributed by atoms with Crippen LogP contribution in [0, 0.1) is 0 Å². The van der Waals surface area contributed by atoms with Crippen LogP contribution in [-0.4, -0.2) is 178 Å². The molecule has 3 amide bonds. The van der Waals surface area contributed by atoms with Crippen LogP contribution in [0.5, 0.6) is 0 Å². The van der Waals surface area contributed by atoms with Gasteiger partial charge in [-0.15, -0.1) is 0 Å². The molecule has 15 rings (SSSR count). The summed E-state index contributed by atoms with van der Waals surface area (Å²) in [6.45, 7) is 16.9. The highest BCUT2D eigenvalue weighted by molar-refractivity contribution is 5.95. The van der Waals surface area contributed by atoms with Gasteiger partial charge in [-0.05, 0) is 112 Å². The molecule has 30 nitrogen and oxygen atoms in total. The molecule has 3 saturated heterocycles. The fourth-order valence-electron chi connectivity index (χ4n) is 11.2. The minimum Gasteiger partial charge on any atom is -0.462 e. The molecular formula is C64H68N24O6. The van der Waals surface area contributed by atoms with Crippen LogP contribution in [0.25, 0.3) is 51.3 Å². The normalized spacial score (nSPS) is 14.6. The Bertz CT molecular complexity index is 4610. The highest BCUT2D eigenvalue weighted by Crippen LogP contribution is 2.32. The number of hydrogen-bond acceptors (Lipinski definition) is 24. The average molecular weight is 1270 g/mol. The van der Waals surface area contributed by atoms with Gasteiger partial charge in [0.25, 0.3) is 17.7 Å². The topological polar surface area (TPSA) is 362 Å². The van der Waals surface area contributed by atoms with Gasteiger partial charge in [-0.2, -0.15) is 15.3 Å². The first-order valence-electron chi connectivity index (χ1n) is 30.5. The van der Waals surface area contributed by atoms with Crippen LogP contribution in [0.1, 0.15) is 44.9 Å². The lowest BCUT2D eigenvalue weighted by atomic mass is 10.2. The zero-order valence-electron chi connectivity index (χ0n) is 51.7. The number of amides is 3. The molecule has 9 aromatic heterocycles. The van der Waals surface area contributed by atoms with Crippen molar-refractivity contribution in [2.24, 2.45) is 17.2 Å². The van der Waals surface area contributed by atoms with E-state index in [1.54, 1.807) is 50.3 Å². The number of fused-ring (bicyclic) bond motifs is 3. The van der Waals surface area contributed by atoms with Crippen LogP contribution in [0.15, 0.2) is 161 Å². The molecule has 94 heavy (non-hydrogen) atoms. The SMILES string of the molecule is CC(C)N1CCN(c2ccc(Nc3ncc(-c4cc(C(N)=O)co4)n4ncnc34)cc2)CC1.CN1CCN(c2ccc(Nc3ncc(-c4cc(C(N)=O)co4)n4ncnc34)cc2)CC1.NC(=O)c1coc(-c2cnc(Nc3ccc(N4CCNCC4)cc3)c3ncnn23)c1. The maximum absolute atomic E-state index is 11.4. The van der Waals surface area contributed by atoms with Crippen molar-refractivity contribution in [2.75, 3.05) is 116 Å². The predicted octanol–water partition coefficient (Wildman–Crippen LogP) is 6.37. The number of primary amides is 3. The Hall–Kier alpha value is -11.8. The standard InChI is InChI=1S/C23H26N8O2.C21H22N8O2.C20H20N8O2/c1-15(2)29-7-9-30(10-8-29)18-5-3-17(4-6-18)28-22-23-26-14-27-31(23)19(12-25-22)20-11-16(13-33-20)21(24)32;1-27-6-8-28(9-7-27)16-4-2-15(3-5-16)26-20-21-24-13-25-29(21)17(11-23-20)18-10-14(12-31-18)19(22)30;21-18(29)13-9-17(30-11-13)16-10-23-19(20-24-12-25-28(16)20)26-14-1-3-15(4-2-14)27-7-5-22-6-8-27/h3-6,11-15H,7-10H2,1-2H3,(H2,24,32)(H,25,28);2-5,10-13H,6-9H2,1H3,(H2,22,30)(H,23,26);1-4,9-12,22H,5-8H2,(H2,21,29)(H,23,26). The first-order valence-corrected chi connectivity index (χ1v) is 30.5. The molecule has 12 aromatic rings. The molecule has 3 fully saturated rings. The Morgan fingerprint density at radius 3 is 1.07 bits per heavy atom. The first-order chi connectivity index (χ1) is 45.8. The summed E-state index contributed by atoms with van der Waals surface area (Å²) in [7, 11) is 2.15. The number of carbonyl (C=O) groups is 3. The fourth-order valence-corrected chi connectivity index (χ4v) is 11.2. The van der Waals surface area contributed by atoms with Gasteiger partial charge in [-0.25, -0.2) is 43.5 Å². The summed E-state index contributed by atoms with van der Waals surface area (Å²) in [5, 5.41) is 26.1. The number of nitrogens with two attached hydrogens (primary N) is 3. The summed E-state index contributed by atoms with van der Waals surface area (Å²) < 4.78 is 21.2. The number of rotatable bonds is 16. The summed E-state index contributed by atoms with van der Waals surface area (Å²) >= 11 is 0. The summed E-state index contributed by atoms with van der Waals surface area (Å²) in [6, 6.07) is 30.1. The lowest BCUT2D eigenvalue weighted by Crippen LogP contribution is -2.48. The van der Waals surface area contributed by atoms with Crippen molar-refractivity contribution in [3.8, 4) is 34.4 Å². The molecule has 0 atom stereocenters. The molecule has 0 radical (unpaired) electrons. The van der Waals surface area contributed by atoms with E-state index in [2.05, 4.69) is 148 Å². The quantitative estimate of drug-likeness (QED) is 0.0552. The Morgan fingerprint density at radius 2 is 0.766 bits per heavy atom. The average Bonchev–Trinajstić information content (AvgIpc) is 1.62. The monoisotopic (exact) mass is 1270 g/mol. The number of hydrogen-bond donors (Lipinski definition) is 7. The van der Waals surface area contributed by atoms with Crippen LogP contribution in [-0.2, 0) is 0 Å². The summed E-state index contributed by atoms with van der Waals surface area (Å²) in [5.74, 6) is 1.31. The molecule has 0 bridgehead atoms. The van der Waals surface area contributed by atoms with Crippen LogP contribution >= 0.6 is 0 Å². The molecule has 0 saturated carbocycles. The second-order valence-electron chi connectivity index (χ2n) is 22.8. The van der Waals surface area contributed by atoms with Gasteiger partial charge >= 0.3 is 0 Å². The van der Waals surface area contributed by atoms with Gasteiger partial charge in [0, 0.05) is 119 Å². The van der Waals surface area contributed by atoms with Crippen molar-refractivity contribution in [3.63, 3.8) is 0 Å². The summed E-state index contributed by atoms with van der Waals surface area (Å²) in [4.78, 5) is 72.5. The Kier molecular flexibility index (Phi) is 17.5. The first kappa shape index (κ1) is 61.1. The predicted molar refractivity (Wildman–Crippen MR) is 354 cm³/mol. The number of carbonyl (C=O) groups excluding carboxylic acids is 3. The minimum atomic E-state index is -0.560. The molecule has 10 N–H and O–H groups in total. The number of anilines is 9. The maximum atomic E-state index is 11.4. The van der Waals surface area contributed by atoms with Crippen LogP contribution in [0.4, 0.5) is 51.6 Å². The molecule has 12 heterocycles.